The molecule has 0 unspecified atom stereocenters. The highest BCUT2D eigenvalue weighted by Crippen LogP contribution is 2.22. The molecule has 0 aliphatic carbocycles. The molecule has 1 N–H and O–H groups in total. The Kier molecular flexibility index (Phi) is 7.54. The van der Waals surface area contributed by atoms with Crippen molar-refractivity contribution in [2.45, 2.75) is 19.4 Å². The number of benzene rings is 2. The lowest BCUT2D eigenvalue weighted by Crippen LogP contribution is -2.43. The van der Waals surface area contributed by atoms with E-state index in [1.54, 1.807) is 29.2 Å². The van der Waals surface area contributed by atoms with Gasteiger partial charge in [-0.1, -0.05) is 23.7 Å². The number of nitrogens with one attached hydrogen (secondary N) is 1. The van der Waals surface area contributed by atoms with Crippen molar-refractivity contribution in [3.05, 3.63) is 64.7 Å². The number of anilines is 1. The summed E-state index contributed by atoms with van der Waals surface area (Å²) in [5.41, 5.74) is 2.68. The number of amides is 2. The first-order chi connectivity index (χ1) is 15.1. The lowest BCUT2D eigenvalue weighted by atomic mass is 9.96. The van der Waals surface area contributed by atoms with E-state index < -0.39 is 0 Å². The third-order valence-electron chi connectivity index (χ3n) is 5.90. The zero-order valence-corrected chi connectivity index (χ0v) is 19.1. The van der Waals surface area contributed by atoms with Crippen molar-refractivity contribution in [2.75, 3.05) is 43.0 Å². The van der Waals surface area contributed by atoms with Crippen LogP contribution in [0.1, 0.15) is 28.8 Å². The van der Waals surface area contributed by atoms with E-state index in [4.69, 9.17) is 11.6 Å². The minimum absolute atomic E-state index is 0.0191. The molecular formula is C24H28ClN3O2S. The van der Waals surface area contributed by atoms with Gasteiger partial charge < -0.3 is 10.2 Å². The number of carbonyl (C=O) groups excluding carboxylic acids is 2. The van der Waals surface area contributed by atoms with Crippen molar-refractivity contribution in [2.24, 2.45) is 5.92 Å². The van der Waals surface area contributed by atoms with Gasteiger partial charge in [0.15, 0.2) is 0 Å². The molecule has 4 rings (SSSR count). The van der Waals surface area contributed by atoms with E-state index in [-0.39, 0.29) is 17.7 Å². The number of thioether (sulfide) groups is 1. The number of halogens is 1. The average molecular weight is 458 g/mol. The Morgan fingerprint density at radius 2 is 1.71 bits per heavy atom. The summed E-state index contributed by atoms with van der Waals surface area (Å²) in [6.07, 6.45) is 1.62. The second-order valence-corrected chi connectivity index (χ2v) is 9.83. The lowest BCUT2D eigenvalue weighted by Gasteiger charge is -2.32. The molecule has 2 aliphatic rings. The Hall–Kier alpha value is -2.02. The predicted octanol–water partition coefficient (Wildman–Crippen LogP) is 4.38. The van der Waals surface area contributed by atoms with Gasteiger partial charge in [0.2, 0.25) is 5.91 Å². The molecule has 2 aliphatic heterocycles. The molecule has 1 atom stereocenters. The standard InChI is InChI=1S/C24H28ClN3O2S/c25-21-7-5-19(6-8-21)24(30)28-11-1-2-20(17-28)23(29)26-22-9-3-18(4-10-22)16-27-12-14-31-15-13-27/h3-10,20H,1-2,11-17H2,(H,26,29)/t20-/m0/s1. The SMILES string of the molecule is O=C(Nc1ccc(CN2CCSCC2)cc1)[C@H]1CCCN(C(=O)c2ccc(Cl)cc2)C1. The van der Waals surface area contributed by atoms with Crippen LogP contribution in [0.25, 0.3) is 0 Å². The number of likely N-dealkylation sites (tertiary alicyclic amines) is 1. The smallest absolute Gasteiger partial charge is 0.253 e. The number of carbonyl (C=O) groups is 2. The molecule has 0 spiro atoms. The van der Waals surface area contributed by atoms with Crippen LogP contribution < -0.4 is 5.32 Å². The highest BCUT2D eigenvalue weighted by atomic mass is 35.5. The molecule has 2 aromatic rings. The Labute approximate surface area is 193 Å². The summed E-state index contributed by atoms with van der Waals surface area (Å²) >= 11 is 7.94. The van der Waals surface area contributed by atoms with E-state index in [0.29, 0.717) is 23.7 Å². The lowest BCUT2D eigenvalue weighted by molar-refractivity contribution is -0.121. The number of rotatable bonds is 5. The molecule has 0 aromatic heterocycles. The second-order valence-electron chi connectivity index (χ2n) is 8.17. The highest BCUT2D eigenvalue weighted by Gasteiger charge is 2.29. The van der Waals surface area contributed by atoms with Gasteiger partial charge in [0, 0.05) is 60.5 Å². The molecule has 2 saturated heterocycles. The molecule has 5 nitrogen and oxygen atoms in total. The van der Waals surface area contributed by atoms with Crippen LogP contribution in [-0.2, 0) is 11.3 Å². The third-order valence-corrected chi connectivity index (χ3v) is 7.10. The molecule has 164 valence electrons. The number of hydrogen-bond donors (Lipinski definition) is 1. The van der Waals surface area contributed by atoms with Gasteiger partial charge in [-0.2, -0.15) is 11.8 Å². The minimum Gasteiger partial charge on any atom is -0.338 e. The zero-order valence-electron chi connectivity index (χ0n) is 17.6. The monoisotopic (exact) mass is 457 g/mol. The molecule has 31 heavy (non-hydrogen) atoms. The van der Waals surface area contributed by atoms with E-state index in [9.17, 15) is 9.59 Å². The van der Waals surface area contributed by atoms with Crippen molar-refractivity contribution in [1.29, 1.82) is 0 Å². The fourth-order valence-electron chi connectivity index (χ4n) is 4.11. The van der Waals surface area contributed by atoms with Crippen LogP contribution in [0.2, 0.25) is 5.02 Å². The predicted molar refractivity (Wildman–Crippen MR) is 128 cm³/mol. The summed E-state index contributed by atoms with van der Waals surface area (Å²) in [6, 6.07) is 15.0. The fourth-order valence-corrected chi connectivity index (χ4v) is 5.21. The van der Waals surface area contributed by atoms with Crippen LogP contribution >= 0.6 is 23.4 Å². The maximum Gasteiger partial charge on any atom is 0.253 e. The normalized spacial score (nSPS) is 19.8. The first-order valence-corrected chi connectivity index (χ1v) is 12.4. The van der Waals surface area contributed by atoms with Gasteiger partial charge in [-0.25, -0.2) is 0 Å². The van der Waals surface area contributed by atoms with Crippen LogP contribution in [-0.4, -0.2) is 59.3 Å². The van der Waals surface area contributed by atoms with Crippen LogP contribution in [0.4, 0.5) is 5.69 Å². The molecule has 0 bridgehead atoms. The van der Waals surface area contributed by atoms with E-state index >= 15 is 0 Å². The van der Waals surface area contributed by atoms with Gasteiger partial charge in [0.1, 0.15) is 0 Å². The summed E-state index contributed by atoms with van der Waals surface area (Å²) in [5, 5.41) is 3.64. The van der Waals surface area contributed by atoms with Crippen molar-refractivity contribution in [3.63, 3.8) is 0 Å². The fraction of sp³-hybridized carbons (Fsp3) is 0.417. The second kappa shape index (κ2) is 10.5. The summed E-state index contributed by atoms with van der Waals surface area (Å²) in [7, 11) is 0. The molecule has 2 heterocycles. The van der Waals surface area contributed by atoms with Gasteiger partial charge in [-0.15, -0.1) is 0 Å². The Balaban J connectivity index is 1.31. The number of piperidine rings is 1. The van der Waals surface area contributed by atoms with Gasteiger partial charge in [0.25, 0.3) is 5.91 Å². The summed E-state index contributed by atoms with van der Waals surface area (Å²) < 4.78 is 0. The number of hydrogen-bond acceptors (Lipinski definition) is 4. The third kappa shape index (κ3) is 6.03. The van der Waals surface area contributed by atoms with Gasteiger partial charge in [-0.3, -0.25) is 14.5 Å². The largest absolute Gasteiger partial charge is 0.338 e. The molecular weight excluding hydrogens is 430 g/mol. The quantitative estimate of drug-likeness (QED) is 0.723. The molecule has 0 saturated carbocycles. The Bertz CT molecular complexity index is 898. The van der Waals surface area contributed by atoms with E-state index in [0.717, 1.165) is 38.2 Å². The van der Waals surface area contributed by atoms with Gasteiger partial charge in [0.05, 0.1) is 5.92 Å². The van der Waals surface area contributed by atoms with Crippen molar-refractivity contribution in [3.8, 4) is 0 Å². The summed E-state index contributed by atoms with van der Waals surface area (Å²) in [6.45, 7) is 4.35. The molecule has 0 radical (unpaired) electrons. The zero-order chi connectivity index (χ0) is 21.6. The molecule has 2 aromatic carbocycles. The molecule has 2 amide bonds. The van der Waals surface area contributed by atoms with E-state index in [1.165, 1.54) is 17.1 Å². The van der Waals surface area contributed by atoms with Crippen molar-refractivity contribution in [1.82, 2.24) is 9.80 Å². The number of nitrogens with zero attached hydrogens (tertiary/aromatic N) is 2. The Morgan fingerprint density at radius 3 is 2.42 bits per heavy atom. The van der Waals surface area contributed by atoms with E-state index in [2.05, 4.69) is 22.3 Å². The van der Waals surface area contributed by atoms with Crippen LogP contribution in [0.3, 0.4) is 0 Å². The first-order valence-electron chi connectivity index (χ1n) is 10.8. The van der Waals surface area contributed by atoms with Crippen LogP contribution in [0.5, 0.6) is 0 Å². The summed E-state index contributed by atoms with van der Waals surface area (Å²) in [5.74, 6) is 2.14. The van der Waals surface area contributed by atoms with E-state index in [1.807, 2.05) is 23.9 Å². The molecule has 2 fully saturated rings. The van der Waals surface area contributed by atoms with Gasteiger partial charge in [-0.05, 0) is 54.8 Å². The first kappa shape index (κ1) is 22.2. The van der Waals surface area contributed by atoms with Crippen molar-refractivity contribution >= 4 is 40.9 Å². The van der Waals surface area contributed by atoms with Crippen molar-refractivity contribution < 1.29 is 9.59 Å². The van der Waals surface area contributed by atoms with Crippen LogP contribution in [0, 0.1) is 5.92 Å². The highest BCUT2D eigenvalue weighted by molar-refractivity contribution is 7.99. The maximum atomic E-state index is 12.8. The topological polar surface area (TPSA) is 52.7 Å². The van der Waals surface area contributed by atoms with Crippen LogP contribution in [0.15, 0.2) is 48.5 Å². The molecule has 7 heteroatoms. The Morgan fingerprint density at radius 1 is 1.00 bits per heavy atom. The van der Waals surface area contributed by atoms with Gasteiger partial charge >= 0.3 is 0 Å². The average Bonchev–Trinajstić information content (AvgIpc) is 2.81. The summed E-state index contributed by atoms with van der Waals surface area (Å²) in [4.78, 5) is 29.9. The minimum atomic E-state index is -0.199. The maximum absolute atomic E-state index is 12.8.